The normalized spacial score (nSPS) is 14.1. The Hall–Kier alpha value is -1.60. The molecule has 7 heteroatoms. The van der Waals surface area contributed by atoms with Crippen LogP contribution in [0.5, 0.6) is 0 Å². The molecule has 6 nitrogen and oxygen atoms in total. The number of rotatable bonds is 9. The van der Waals surface area contributed by atoms with Crippen LogP contribution in [-0.4, -0.2) is 44.6 Å². The molecule has 154 valence electrons. The molecule has 0 aromatic heterocycles. The van der Waals surface area contributed by atoms with Crippen molar-refractivity contribution in [2.45, 2.75) is 65.8 Å². The van der Waals surface area contributed by atoms with Crippen molar-refractivity contribution in [1.82, 2.24) is 10.6 Å². The van der Waals surface area contributed by atoms with E-state index in [1.54, 1.807) is 0 Å². The second kappa shape index (κ2) is 10.7. The maximum absolute atomic E-state index is 11.3. The van der Waals surface area contributed by atoms with Crippen LogP contribution in [0.4, 0.5) is 0 Å². The fourth-order valence-electron chi connectivity index (χ4n) is 2.30. The average molecular weight is 398 g/mol. The van der Waals surface area contributed by atoms with Crippen LogP contribution in [-0.2, 0) is 27.7 Å². The van der Waals surface area contributed by atoms with E-state index in [4.69, 9.17) is 4.74 Å². The Bertz CT molecular complexity index is 709. The van der Waals surface area contributed by atoms with Crippen molar-refractivity contribution in [1.29, 1.82) is 0 Å². The van der Waals surface area contributed by atoms with Gasteiger partial charge in [0, 0.05) is 18.8 Å². The van der Waals surface area contributed by atoms with Crippen LogP contribution in [0, 0.1) is 0 Å². The van der Waals surface area contributed by atoms with E-state index in [1.807, 2.05) is 46.8 Å². The van der Waals surface area contributed by atoms with Gasteiger partial charge in [-0.15, -0.1) is 0 Å². The van der Waals surface area contributed by atoms with Gasteiger partial charge in [0.1, 0.15) is 9.84 Å². The number of aliphatic imine (C=N–C) groups is 1. The molecule has 27 heavy (non-hydrogen) atoms. The highest BCUT2D eigenvalue weighted by atomic mass is 32.2. The molecule has 0 radical (unpaired) electrons. The predicted molar refractivity (Wildman–Crippen MR) is 113 cm³/mol. The van der Waals surface area contributed by atoms with Gasteiger partial charge in [-0.1, -0.05) is 24.3 Å². The molecular weight excluding hydrogens is 362 g/mol. The second-order valence-corrected chi connectivity index (χ2v) is 10.1. The summed E-state index contributed by atoms with van der Waals surface area (Å²) in [6, 6.07) is 8.23. The maximum atomic E-state index is 11.3. The third-order valence-corrected chi connectivity index (χ3v) is 4.71. The minimum atomic E-state index is -2.96. The molecule has 1 aromatic rings. The van der Waals surface area contributed by atoms with Crippen LogP contribution in [0.3, 0.4) is 0 Å². The first-order chi connectivity index (χ1) is 12.5. The SMILES string of the molecule is CCNC(=NCc1cccc(COC(C)(C)C)c1)NC(C)CCS(C)(=O)=O. The minimum Gasteiger partial charge on any atom is -0.371 e. The molecule has 0 saturated carbocycles. The zero-order chi connectivity index (χ0) is 20.5. The summed E-state index contributed by atoms with van der Waals surface area (Å²) >= 11 is 0. The largest absolute Gasteiger partial charge is 0.371 e. The Morgan fingerprint density at radius 2 is 1.93 bits per heavy atom. The second-order valence-electron chi connectivity index (χ2n) is 7.88. The molecule has 0 fully saturated rings. The molecule has 0 aliphatic rings. The van der Waals surface area contributed by atoms with Gasteiger partial charge in [0.2, 0.25) is 0 Å². The van der Waals surface area contributed by atoms with Crippen LogP contribution in [0.15, 0.2) is 29.3 Å². The molecule has 0 amide bonds. The molecule has 0 bridgehead atoms. The van der Waals surface area contributed by atoms with Gasteiger partial charge in [-0.05, 0) is 52.2 Å². The van der Waals surface area contributed by atoms with Gasteiger partial charge in [-0.25, -0.2) is 13.4 Å². The zero-order valence-corrected chi connectivity index (χ0v) is 18.3. The zero-order valence-electron chi connectivity index (χ0n) is 17.5. The number of guanidine groups is 1. The number of hydrogen-bond acceptors (Lipinski definition) is 4. The topological polar surface area (TPSA) is 79.8 Å². The highest BCUT2D eigenvalue weighted by Crippen LogP contribution is 2.13. The third kappa shape index (κ3) is 11.7. The molecule has 1 atom stereocenters. The van der Waals surface area contributed by atoms with E-state index in [1.165, 1.54) is 6.26 Å². The van der Waals surface area contributed by atoms with Crippen molar-refractivity contribution < 1.29 is 13.2 Å². The van der Waals surface area contributed by atoms with Gasteiger partial charge in [0.05, 0.1) is 24.5 Å². The molecule has 0 aliphatic carbocycles. The van der Waals surface area contributed by atoms with Gasteiger partial charge < -0.3 is 15.4 Å². The first-order valence-corrected chi connectivity index (χ1v) is 11.5. The number of benzene rings is 1. The molecule has 1 aromatic carbocycles. The fourth-order valence-corrected chi connectivity index (χ4v) is 3.09. The summed E-state index contributed by atoms with van der Waals surface area (Å²) in [4.78, 5) is 4.62. The Morgan fingerprint density at radius 1 is 1.26 bits per heavy atom. The average Bonchev–Trinajstić information content (AvgIpc) is 2.55. The molecule has 0 spiro atoms. The summed E-state index contributed by atoms with van der Waals surface area (Å²) in [5.41, 5.74) is 2.06. The Morgan fingerprint density at radius 3 is 2.52 bits per heavy atom. The van der Waals surface area contributed by atoms with E-state index >= 15 is 0 Å². The molecular formula is C20H35N3O3S. The number of nitrogens with zero attached hydrogens (tertiary/aromatic N) is 1. The van der Waals surface area contributed by atoms with Gasteiger partial charge in [0.15, 0.2) is 5.96 Å². The summed E-state index contributed by atoms with van der Waals surface area (Å²) in [5, 5.41) is 6.48. The molecule has 2 N–H and O–H groups in total. The number of nitrogens with one attached hydrogen (secondary N) is 2. The summed E-state index contributed by atoms with van der Waals surface area (Å²) in [6.07, 6.45) is 1.80. The number of ether oxygens (including phenoxy) is 1. The summed E-state index contributed by atoms with van der Waals surface area (Å²) in [7, 11) is -2.96. The Balaban J connectivity index is 2.69. The third-order valence-electron chi connectivity index (χ3n) is 3.73. The molecule has 0 heterocycles. The highest BCUT2D eigenvalue weighted by molar-refractivity contribution is 7.90. The summed E-state index contributed by atoms with van der Waals surface area (Å²) < 4.78 is 28.5. The van der Waals surface area contributed by atoms with E-state index in [0.29, 0.717) is 25.5 Å². The van der Waals surface area contributed by atoms with Crippen molar-refractivity contribution in [2.75, 3.05) is 18.6 Å². The minimum absolute atomic E-state index is 0.0176. The number of hydrogen-bond donors (Lipinski definition) is 2. The summed E-state index contributed by atoms with van der Waals surface area (Å²) in [6.45, 7) is 11.9. The molecule has 0 saturated heterocycles. The van der Waals surface area contributed by atoms with Crippen molar-refractivity contribution in [3.8, 4) is 0 Å². The Kier molecular flexibility index (Phi) is 9.26. The lowest BCUT2D eigenvalue weighted by molar-refractivity contribution is -0.0149. The van der Waals surface area contributed by atoms with Gasteiger partial charge >= 0.3 is 0 Å². The van der Waals surface area contributed by atoms with Crippen molar-refractivity contribution in [3.63, 3.8) is 0 Å². The van der Waals surface area contributed by atoms with Crippen LogP contribution in [0.25, 0.3) is 0 Å². The van der Waals surface area contributed by atoms with Crippen LogP contribution >= 0.6 is 0 Å². The monoisotopic (exact) mass is 397 g/mol. The maximum Gasteiger partial charge on any atom is 0.191 e. The highest BCUT2D eigenvalue weighted by Gasteiger charge is 2.11. The van der Waals surface area contributed by atoms with Crippen molar-refractivity contribution in [2.24, 2.45) is 4.99 Å². The molecule has 1 unspecified atom stereocenters. The van der Waals surface area contributed by atoms with E-state index < -0.39 is 9.84 Å². The predicted octanol–water partition coefficient (Wildman–Crippen LogP) is 2.88. The lowest BCUT2D eigenvalue weighted by Crippen LogP contribution is -2.42. The standard InChI is InChI=1S/C20H35N3O3S/c1-7-21-19(23-16(2)11-12-27(6,24)25)22-14-17-9-8-10-18(13-17)15-26-20(3,4)5/h8-10,13,16H,7,11-12,14-15H2,1-6H3,(H2,21,22,23). The van der Waals surface area contributed by atoms with E-state index in [0.717, 1.165) is 17.7 Å². The first-order valence-electron chi connectivity index (χ1n) is 9.43. The molecule has 0 aliphatic heterocycles. The van der Waals surface area contributed by atoms with Gasteiger partial charge in [0.25, 0.3) is 0 Å². The molecule has 1 rings (SSSR count). The lowest BCUT2D eigenvalue weighted by atomic mass is 10.1. The Labute approximate surface area is 164 Å². The lowest BCUT2D eigenvalue weighted by Gasteiger charge is -2.19. The quantitative estimate of drug-likeness (QED) is 0.495. The fraction of sp³-hybridized carbons (Fsp3) is 0.650. The first kappa shape index (κ1) is 23.4. The van der Waals surface area contributed by atoms with Crippen LogP contribution < -0.4 is 10.6 Å². The van der Waals surface area contributed by atoms with Crippen molar-refractivity contribution in [3.05, 3.63) is 35.4 Å². The van der Waals surface area contributed by atoms with Crippen LogP contribution in [0.2, 0.25) is 0 Å². The van der Waals surface area contributed by atoms with Crippen molar-refractivity contribution >= 4 is 15.8 Å². The van der Waals surface area contributed by atoms with E-state index in [-0.39, 0.29) is 17.4 Å². The van der Waals surface area contributed by atoms with E-state index in [9.17, 15) is 8.42 Å². The van der Waals surface area contributed by atoms with E-state index in [2.05, 4.69) is 27.8 Å². The van der Waals surface area contributed by atoms with Crippen LogP contribution in [0.1, 0.15) is 52.2 Å². The smallest absolute Gasteiger partial charge is 0.191 e. The van der Waals surface area contributed by atoms with Gasteiger partial charge in [-0.3, -0.25) is 0 Å². The summed E-state index contributed by atoms with van der Waals surface area (Å²) in [5.74, 6) is 0.853. The number of sulfone groups is 1. The van der Waals surface area contributed by atoms with Gasteiger partial charge in [-0.2, -0.15) is 0 Å².